The maximum absolute atomic E-state index is 12.3. The van der Waals surface area contributed by atoms with E-state index in [0.29, 0.717) is 26.1 Å². The van der Waals surface area contributed by atoms with E-state index in [-0.39, 0.29) is 12.0 Å². The van der Waals surface area contributed by atoms with Gasteiger partial charge in [-0.15, -0.1) is 5.06 Å². The number of ether oxygens (including phenoxy) is 2. The van der Waals surface area contributed by atoms with Crippen molar-refractivity contribution in [3.8, 4) is 6.07 Å². The second-order valence-electron chi connectivity index (χ2n) is 10.3. The third-order valence-electron chi connectivity index (χ3n) is 6.33. The molecule has 0 aliphatic carbocycles. The number of fused-ring (bicyclic) bond motifs is 1. The molecule has 36 heavy (non-hydrogen) atoms. The van der Waals surface area contributed by atoms with E-state index in [4.69, 9.17) is 19.6 Å². The highest BCUT2D eigenvalue weighted by Gasteiger charge is 2.34. The molecular weight excluding hydrogens is 452 g/mol. The predicted molar refractivity (Wildman–Crippen MR) is 139 cm³/mol. The Bertz CT molecular complexity index is 1210. The minimum atomic E-state index is -0.698. The molecule has 1 aliphatic heterocycles. The van der Waals surface area contributed by atoms with E-state index in [2.05, 4.69) is 60.7 Å². The van der Waals surface area contributed by atoms with E-state index >= 15 is 0 Å². The highest BCUT2D eigenvalue weighted by molar-refractivity contribution is 5.82. The number of nitrogens with zero attached hydrogens (tertiary/aromatic N) is 2. The summed E-state index contributed by atoms with van der Waals surface area (Å²) in [7, 11) is 0. The summed E-state index contributed by atoms with van der Waals surface area (Å²) < 4.78 is 11.8. The molecule has 2 unspecified atom stereocenters. The largest absolute Gasteiger partial charge is 0.528 e. The predicted octanol–water partition coefficient (Wildman–Crippen LogP) is 6.54. The highest BCUT2D eigenvalue weighted by atomic mass is 16.8. The quantitative estimate of drug-likeness (QED) is 0.353. The molecule has 0 aromatic heterocycles. The molecule has 0 bridgehead atoms. The number of rotatable bonds is 7. The minimum Gasteiger partial charge on any atom is -0.427 e. The molecule has 6 nitrogen and oxygen atoms in total. The molecule has 1 fully saturated rings. The number of hydrogen-bond acceptors (Lipinski definition) is 6. The Kier molecular flexibility index (Phi) is 8.25. The van der Waals surface area contributed by atoms with Crippen LogP contribution >= 0.6 is 0 Å². The summed E-state index contributed by atoms with van der Waals surface area (Å²) in [6.45, 7) is 6.96. The summed E-state index contributed by atoms with van der Waals surface area (Å²) in [5, 5.41) is 12.9. The number of carbonyl (C=O) groups is 1. The number of hydroxylamine groups is 2. The minimum absolute atomic E-state index is 0.161. The van der Waals surface area contributed by atoms with Crippen LogP contribution in [0.1, 0.15) is 56.2 Å². The van der Waals surface area contributed by atoms with Crippen LogP contribution in [0.5, 0.6) is 0 Å². The molecule has 3 aromatic rings. The fourth-order valence-electron chi connectivity index (χ4n) is 4.56. The summed E-state index contributed by atoms with van der Waals surface area (Å²) in [6, 6.07) is 25.3. The third-order valence-corrected chi connectivity index (χ3v) is 6.33. The summed E-state index contributed by atoms with van der Waals surface area (Å²) in [6.07, 6.45) is 1.18. The van der Waals surface area contributed by atoms with Crippen LogP contribution in [-0.4, -0.2) is 36.0 Å². The Morgan fingerprint density at radius 2 is 1.75 bits per heavy atom. The molecule has 0 saturated carbocycles. The monoisotopic (exact) mass is 486 g/mol. The first-order valence-corrected chi connectivity index (χ1v) is 12.5. The van der Waals surface area contributed by atoms with E-state index in [9.17, 15) is 4.79 Å². The Hall–Kier alpha value is -3.40. The van der Waals surface area contributed by atoms with E-state index in [1.54, 1.807) is 5.06 Å². The van der Waals surface area contributed by atoms with Gasteiger partial charge in [-0.05, 0) is 67.1 Å². The van der Waals surface area contributed by atoms with Crippen molar-refractivity contribution in [3.63, 3.8) is 0 Å². The van der Waals surface area contributed by atoms with Crippen LogP contribution in [-0.2, 0) is 27.3 Å². The second-order valence-corrected chi connectivity index (χ2v) is 10.3. The van der Waals surface area contributed by atoms with Crippen molar-refractivity contribution in [2.24, 2.45) is 0 Å². The zero-order chi connectivity index (χ0) is 25.5. The molecule has 2 atom stereocenters. The number of carbonyl (C=O) groups excluding carboxylic acids is 1. The Morgan fingerprint density at radius 3 is 2.47 bits per heavy atom. The molecule has 1 aliphatic rings. The number of benzene rings is 3. The van der Waals surface area contributed by atoms with Gasteiger partial charge in [-0.3, -0.25) is 0 Å². The van der Waals surface area contributed by atoms with Gasteiger partial charge >= 0.3 is 6.16 Å². The zero-order valence-corrected chi connectivity index (χ0v) is 21.3. The van der Waals surface area contributed by atoms with Crippen LogP contribution in [0.25, 0.3) is 10.8 Å². The van der Waals surface area contributed by atoms with Gasteiger partial charge in [-0.2, -0.15) is 5.26 Å². The van der Waals surface area contributed by atoms with Gasteiger partial charge in [-0.1, -0.05) is 60.7 Å². The average molecular weight is 487 g/mol. The van der Waals surface area contributed by atoms with Crippen molar-refractivity contribution in [1.82, 2.24) is 5.06 Å². The second kappa shape index (κ2) is 11.6. The van der Waals surface area contributed by atoms with Crippen molar-refractivity contribution >= 4 is 16.9 Å². The summed E-state index contributed by atoms with van der Waals surface area (Å²) in [5.74, 6) is 0.161. The van der Waals surface area contributed by atoms with Crippen LogP contribution < -0.4 is 0 Å². The van der Waals surface area contributed by atoms with E-state index in [1.807, 2.05) is 32.9 Å². The third kappa shape index (κ3) is 7.07. The molecule has 6 heteroatoms. The van der Waals surface area contributed by atoms with E-state index in [0.717, 1.165) is 24.0 Å². The van der Waals surface area contributed by atoms with Crippen molar-refractivity contribution in [2.45, 2.75) is 64.3 Å². The van der Waals surface area contributed by atoms with Gasteiger partial charge in [0.25, 0.3) is 0 Å². The van der Waals surface area contributed by atoms with Crippen LogP contribution in [0.2, 0.25) is 0 Å². The van der Waals surface area contributed by atoms with Gasteiger partial charge < -0.3 is 14.3 Å². The molecule has 0 spiro atoms. The lowest BCUT2D eigenvalue weighted by atomic mass is 9.87. The van der Waals surface area contributed by atoms with Crippen molar-refractivity contribution in [1.29, 1.82) is 5.26 Å². The molecule has 1 heterocycles. The Balaban J connectivity index is 1.48. The lowest BCUT2D eigenvalue weighted by Gasteiger charge is -2.37. The van der Waals surface area contributed by atoms with Gasteiger partial charge in [0.2, 0.25) is 0 Å². The van der Waals surface area contributed by atoms with Crippen molar-refractivity contribution < 1.29 is 19.1 Å². The number of aryl methyl sites for hydroxylation is 1. The number of nitriles is 1. The lowest BCUT2D eigenvalue weighted by Crippen LogP contribution is -2.45. The first-order valence-electron chi connectivity index (χ1n) is 12.5. The standard InChI is InChI=1S/C30H34N2O4/c1-30(2,3)35-29(33)36-32-18-16-27(25-14-10-22(11-15-25)7-6-17-31)28(20-32)34-21-23-12-13-24-8-4-5-9-26(24)19-23/h4-5,8-15,19,27-28H,6-7,16,18,20-21H2,1-3H3. The zero-order valence-electron chi connectivity index (χ0n) is 21.3. The Morgan fingerprint density at radius 1 is 1.03 bits per heavy atom. The van der Waals surface area contributed by atoms with Gasteiger partial charge in [-0.25, -0.2) is 4.79 Å². The maximum atomic E-state index is 12.3. The smallest absolute Gasteiger partial charge is 0.427 e. The van der Waals surface area contributed by atoms with E-state index in [1.165, 1.54) is 16.3 Å². The molecule has 1 saturated heterocycles. The molecule has 3 aromatic carbocycles. The fourth-order valence-corrected chi connectivity index (χ4v) is 4.56. The topological polar surface area (TPSA) is 71.8 Å². The van der Waals surface area contributed by atoms with Crippen molar-refractivity contribution in [3.05, 3.63) is 83.4 Å². The van der Waals surface area contributed by atoms with Crippen LogP contribution in [0.15, 0.2) is 66.7 Å². The SMILES string of the molecule is CC(C)(C)OC(=O)ON1CCC(c2ccc(CCC#N)cc2)C(OCc2ccc3ccccc3c2)C1. The summed E-state index contributed by atoms with van der Waals surface area (Å²) >= 11 is 0. The molecule has 0 radical (unpaired) electrons. The lowest BCUT2D eigenvalue weighted by molar-refractivity contribution is -0.179. The van der Waals surface area contributed by atoms with Gasteiger partial charge in [0, 0.05) is 18.9 Å². The molecular formula is C30H34N2O4. The summed E-state index contributed by atoms with van der Waals surface area (Å²) in [5.41, 5.74) is 2.83. The van der Waals surface area contributed by atoms with Crippen LogP contribution in [0.4, 0.5) is 4.79 Å². The normalized spacial score (nSPS) is 18.5. The first-order chi connectivity index (χ1) is 17.3. The molecule has 4 rings (SSSR count). The van der Waals surface area contributed by atoms with Gasteiger partial charge in [0.05, 0.1) is 25.3 Å². The fraction of sp³-hybridized carbons (Fsp3) is 0.400. The maximum Gasteiger partial charge on any atom is 0.528 e. The molecule has 188 valence electrons. The van der Waals surface area contributed by atoms with E-state index < -0.39 is 11.8 Å². The molecule has 0 N–H and O–H groups in total. The van der Waals surface area contributed by atoms with Crippen LogP contribution in [0, 0.1) is 11.3 Å². The summed E-state index contributed by atoms with van der Waals surface area (Å²) in [4.78, 5) is 17.8. The first kappa shape index (κ1) is 25.7. The highest BCUT2D eigenvalue weighted by Crippen LogP contribution is 2.32. The van der Waals surface area contributed by atoms with Crippen LogP contribution in [0.3, 0.4) is 0 Å². The van der Waals surface area contributed by atoms with Crippen molar-refractivity contribution in [2.75, 3.05) is 13.1 Å². The molecule has 0 amide bonds. The average Bonchev–Trinajstić information content (AvgIpc) is 2.85. The van der Waals surface area contributed by atoms with Gasteiger partial charge in [0.1, 0.15) is 5.60 Å². The Labute approximate surface area is 213 Å². The number of hydrogen-bond donors (Lipinski definition) is 0. The van der Waals surface area contributed by atoms with Gasteiger partial charge in [0.15, 0.2) is 0 Å². The number of piperidine rings is 1.